The summed E-state index contributed by atoms with van der Waals surface area (Å²) < 4.78 is 10.4. The Morgan fingerprint density at radius 1 is 1.24 bits per heavy atom. The van der Waals surface area contributed by atoms with Crippen molar-refractivity contribution < 1.29 is 14.3 Å². The van der Waals surface area contributed by atoms with E-state index < -0.39 is 0 Å². The van der Waals surface area contributed by atoms with Crippen LogP contribution in [-0.2, 0) is 4.79 Å². The summed E-state index contributed by atoms with van der Waals surface area (Å²) in [7, 11) is 3.11. The minimum atomic E-state index is -0.204. The highest BCUT2D eigenvalue weighted by atomic mass is 16.5. The molecule has 1 aromatic carbocycles. The molecule has 0 saturated carbocycles. The van der Waals surface area contributed by atoms with Crippen molar-refractivity contribution in [3.8, 4) is 17.6 Å². The van der Waals surface area contributed by atoms with E-state index in [0.29, 0.717) is 11.5 Å². The Labute approximate surface area is 124 Å². The fourth-order valence-electron chi connectivity index (χ4n) is 2.34. The van der Waals surface area contributed by atoms with Crippen LogP contribution in [0, 0.1) is 11.3 Å². The number of carbonyl (C=O) groups is 1. The van der Waals surface area contributed by atoms with Crippen LogP contribution in [0.1, 0.15) is 18.4 Å². The highest BCUT2D eigenvalue weighted by molar-refractivity contribution is 6.01. The quantitative estimate of drug-likeness (QED) is 0.629. The molecule has 0 unspecified atom stereocenters. The lowest BCUT2D eigenvalue weighted by Gasteiger charge is -2.14. The summed E-state index contributed by atoms with van der Waals surface area (Å²) in [5.74, 6) is 0.973. The van der Waals surface area contributed by atoms with Crippen molar-refractivity contribution in [3.05, 3.63) is 29.3 Å². The van der Waals surface area contributed by atoms with Crippen LogP contribution in [0.4, 0.5) is 0 Å². The molecule has 0 atom stereocenters. The lowest BCUT2D eigenvalue weighted by atomic mass is 10.1. The highest BCUT2D eigenvalue weighted by Gasteiger charge is 2.21. The third-order valence-corrected chi connectivity index (χ3v) is 3.46. The Kier molecular flexibility index (Phi) is 4.83. The van der Waals surface area contributed by atoms with Gasteiger partial charge in [0.05, 0.1) is 14.2 Å². The molecule has 5 nitrogen and oxygen atoms in total. The van der Waals surface area contributed by atoms with Crippen molar-refractivity contribution >= 4 is 12.0 Å². The van der Waals surface area contributed by atoms with Crippen molar-refractivity contribution in [1.29, 1.82) is 5.26 Å². The van der Waals surface area contributed by atoms with Gasteiger partial charge in [0, 0.05) is 13.1 Å². The molecule has 1 aliphatic heterocycles. The first-order valence-corrected chi connectivity index (χ1v) is 6.82. The van der Waals surface area contributed by atoms with Crippen LogP contribution in [-0.4, -0.2) is 38.1 Å². The van der Waals surface area contributed by atoms with Gasteiger partial charge in [0.1, 0.15) is 11.6 Å². The molecule has 0 aromatic heterocycles. The number of carbonyl (C=O) groups excluding carboxylic acids is 1. The first kappa shape index (κ1) is 14.9. The number of methoxy groups -OCH3 is 2. The Morgan fingerprint density at radius 3 is 2.48 bits per heavy atom. The fourth-order valence-corrected chi connectivity index (χ4v) is 2.34. The maximum Gasteiger partial charge on any atom is 0.264 e. The zero-order valence-corrected chi connectivity index (χ0v) is 12.3. The van der Waals surface area contributed by atoms with Crippen LogP contribution >= 0.6 is 0 Å². The Bertz CT molecular complexity index is 596. The third-order valence-electron chi connectivity index (χ3n) is 3.46. The average molecular weight is 286 g/mol. The van der Waals surface area contributed by atoms with Crippen LogP contribution in [0.2, 0.25) is 0 Å². The maximum atomic E-state index is 12.2. The molecule has 1 fully saturated rings. The number of hydrogen-bond donors (Lipinski definition) is 0. The van der Waals surface area contributed by atoms with Gasteiger partial charge in [-0.05, 0) is 36.6 Å². The molecule has 0 aliphatic carbocycles. The fraction of sp³-hybridized carbons (Fsp3) is 0.375. The molecular weight excluding hydrogens is 268 g/mol. The molecule has 5 heteroatoms. The van der Waals surface area contributed by atoms with E-state index in [0.717, 1.165) is 31.5 Å². The molecule has 1 amide bonds. The minimum absolute atomic E-state index is 0.143. The van der Waals surface area contributed by atoms with Crippen molar-refractivity contribution in [2.45, 2.75) is 12.8 Å². The predicted octanol–water partition coefficient (Wildman–Crippen LogP) is 2.23. The molecule has 110 valence electrons. The molecule has 0 radical (unpaired) electrons. The molecule has 21 heavy (non-hydrogen) atoms. The molecule has 1 aliphatic rings. The first-order valence-electron chi connectivity index (χ1n) is 6.82. The van der Waals surface area contributed by atoms with Gasteiger partial charge in [0.15, 0.2) is 11.5 Å². The third kappa shape index (κ3) is 3.34. The molecule has 0 N–H and O–H groups in total. The number of nitriles is 1. The van der Waals surface area contributed by atoms with E-state index in [4.69, 9.17) is 9.47 Å². The number of hydrogen-bond acceptors (Lipinski definition) is 4. The lowest BCUT2D eigenvalue weighted by Crippen LogP contribution is -2.28. The van der Waals surface area contributed by atoms with E-state index >= 15 is 0 Å². The second-order valence-electron chi connectivity index (χ2n) is 4.78. The molecule has 1 heterocycles. The number of benzene rings is 1. The SMILES string of the molecule is COc1ccc(/C=C(/C#N)C(=O)N2CCCC2)cc1OC. The largest absolute Gasteiger partial charge is 0.493 e. The summed E-state index contributed by atoms with van der Waals surface area (Å²) in [6, 6.07) is 7.27. The van der Waals surface area contributed by atoms with Crippen LogP contribution in [0.5, 0.6) is 11.5 Å². The smallest absolute Gasteiger partial charge is 0.264 e. The average Bonchev–Trinajstić information content (AvgIpc) is 3.06. The van der Waals surface area contributed by atoms with Gasteiger partial charge in [0.2, 0.25) is 0 Å². The van der Waals surface area contributed by atoms with Gasteiger partial charge in [-0.2, -0.15) is 5.26 Å². The van der Waals surface area contributed by atoms with Crippen LogP contribution in [0.25, 0.3) is 6.08 Å². The van der Waals surface area contributed by atoms with Gasteiger partial charge in [-0.1, -0.05) is 6.07 Å². The molecule has 0 bridgehead atoms. The number of rotatable bonds is 4. The van der Waals surface area contributed by atoms with E-state index in [-0.39, 0.29) is 11.5 Å². The summed E-state index contributed by atoms with van der Waals surface area (Å²) in [6.45, 7) is 1.45. The zero-order chi connectivity index (χ0) is 15.2. The summed E-state index contributed by atoms with van der Waals surface area (Å²) >= 11 is 0. The van der Waals surface area contributed by atoms with E-state index in [2.05, 4.69) is 0 Å². The van der Waals surface area contributed by atoms with Crippen molar-refractivity contribution in [2.75, 3.05) is 27.3 Å². The first-order chi connectivity index (χ1) is 10.2. The maximum absolute atomic E-state index is 12.2. The number of likely N-dealkylation sites (tertiary alicyclic amines) is 1. The standard InChI is InChI=1S/C16H18N2O3/c1-20-14-6-5-12(10-15(14)21-2)9-13(11-17)16(19)18-7-3-4-8-18/h5-6,9-10H,3-4,7-8H2,1-2H3/b13-9-. The molecule has 2 rings (SSSR count). The van der Waals surface area contributed by atoms with Gasteiger partial charge >= 0.3 is 0 Å². The number of nitrogens with zero attached hydrogens (tertiary/aromatic N) is 2. The van der Waals surface area contributed by atoms with Gasteiger partial charge < -0.3 is 14.4 Å². The summed E-state index contributed by atoms with van der Waals surface area (Å²) in [6.07, 6.45) is 3.59. The van der Waals surface area contributed by atoms with E-state index in [1.165, 1.54) is 0 Å². The van der Waals surface area contributed by atoms with Crippen molar-refractivity contribution in [3.63, 3.8) is 0 Å². The van der Waals surface area contributed by atoms with Crippen LogP contribution in [0.15, 0.2) is 23.8 Å². The summed E-state index contributed by atoms with van der Waals surface area (Å²) in [4.78, 5) is 14.0. The predicted molar refractivity (Wildman–Crippen MR) is 79.0 cm³/mol. The summed E-state index contributed by atoms with van der Waals surface area (Å²) in [5, 5.41) is 9.22. The van der Waals surface area contributed by atoms with Gasteiger partial charge in [-0.3, -0.25) is 4.79 Å². The molecule has 0 spiro atoms. The highest BCUT2D eigenvalue weighted by Crippen LogP contribution is 2.28. The monoisotopic (exact) mass is 286 g/mol. The zero-order valence-electron chi connectivity index (χ0n) is 12.3. The molecule has 1 saturated heterocycles. The van der Waals surface area contributed by atoms with Crippen molar-refractivity contribution in [1.82, 2.24) is 4.90 Å². The van der Waals surface area contributed by atoms with Gasteiger partial charge in [0.25, 0.3) is 5.91 Å². The molecular formula is C16H18N2O3. The van der Waals surface area contributed by atoms with Crippen LogP contribution < -0.4 is 9.47 Å². The van der Waals surface area contributed by atoms with Gasteiger partial charge in [-0.25, -0.2) is 0 Å². The Morgan fingerprint density at radius 2 is 1.90 bits per heavy atom. The van der Waals surface area contributed by atoms with Crippen molar-refractivity contribution in [2.24, 2.45) is 0 Å². The van der Waals surface area contributed by atoms with Crippen LogP contribution in [0.3, 0.4) is 0 Å². The second-order valence-corrected chi connectivity index (χ2v) is 4.78. The Hall–Kier alpha value is -2.48. The minimum Gasteiger partial charge on any atom is -0.493 e. The number of amides is 1. The Balaban J connectivity index is 2.27. The normalized spacial score (nSPS) is 14.7. The van der Waals surface area contributed by atoms with E-state index in [1.807, 2.05) is 6.07 Å². The van der Waals surface area contributed by atoms with E-state index in [1.54, 1.807) is 43.4 Å². The summed E-state index contributed by atoms with van der Waals surface area (Å²) in [5.41, 5.74) is 0.876. The van der Waals surface area contributed by atoms with Gasteiger partial charge in [-0.15, -0.1) is 0 Å². The lowest BCUT2D eigenvalue weighted by molar-refractivity contribution is -0.125. The van der Waals surface area contributed by atoms with E-state index in [9.17, 15) is 10.1 Å². The second kappa shape index (κ2) is 6.80. The molecule has 1 aromatic rings. The topological polar surface area (TPSA) is 62.6 Å². The number of ether oxygens (including phenoxy) is 2.